The molecule has 0 radical (unpaired) electrons. The highest BCUT2D eigenvalue weighted by Crippen LogP contribution is 2.36. The zero-order valence-electron chi connectivity index (χ0n) is 10.2. The topological polar surface area (TPSA) is 87.7 Å². The Morgan fingerprint density at radius 2 is 2.32 bits per heavy atom. The Balaban J connectivity index is 2.16. The van der Waals surface area contributed by atoms with Gasteiger partial charge in [-0.05, 0) is 28.4 Å². The van der Waals surface area contributed by atoms with Crippen LogP contribution in [0.2, 0.25) is 0 Å². The van der Waals surface area contributed by atoms with Crippen molar-refractivity contribution in [1.29, 1.82) is 0 Å². The van der Waals surface area contributed by atoms with Crippen molar-refractivity contribution in [3.63, 3.8) is 0 Å². The van der Waals surface area contributed by atoms with Crippen molar-refractivity contribution in [2.75, 3.05) is 12.4 Å². The largest absolute Gasteiger partial charge is 0.505 e. The highest BCUT2D eigenvalue weighted by Gasteiger charge is 2.27. The van der Waals surface area contributed by atoms with E-state index in [-0.39, 0.29) is 23.3 Å². The van der Waals surface area contributed by atoms with Crippen LogP contribution in [0.25, 0.3) is 0 Å². The summed E-state index contributed by atoms with van der Waals surface area (Å²) in [5, 5.41) is 15.0. The van der Waals surface area contributed by atoms with Gasteiger partial charge in [0, 0.05) is 12.5 Å². The predicted molar refractivity (Wildman–Crippen MR) is 72.2 cm³/mol. The van der Waals surface area contributed by atoms with E-state index < -0.39 is 6.04 Å². The molecule has 7 heteroatoms. The van der Waals surface area contributed by atoms with Gasteiger partial charge in [0.1, 0.15) is 11.8 Å². The van der Waals surface area contributed by atoms with Crippen LogP contribution in [0.3, 0.4) is 0 Å². The summed E-state index contributed by atoms with van der Waals surface area (Å²) in [5.74, 6) is -0.0913. The number of nitrogens with one attached hydrogen (secondary N) is 2. The van der Waals surface area contributed by atoms with Crippen molar-refractivity contribution in [1.82, 2.24) is 5.32 Å². The molecule has 0 saturated carbocycles. The molecule has 0 bridgehead atoms. The molecule has 2 amide bonds. The van der Waals surface area contributed by atoms with Gasteiger partial charge >= 0.3 is 0 Å². The molecule has 3 N–H and O–H groups in total. The molecule has 19 heavy (non-hydrogen) atoms. The first kappa shape index (κ1) is 13.7. The van der Waals surface area contributed by atoms with E-state index >= 15 is 0 Å². The lowest BCUT2D eigenvalue weighted by Gasteiger charge is -2.13. The standard InChI is InChI=1S/C12H13BrN2O4/c1-19-6-4-7(13)11(17)9(5-6)15-12(18)8-2-3-10(16)14-8/h4-5,8,17H,2-3H2,1H3,(H,14,16)(H,15,18). The molecular weight excluding hydrogens is 316 g/mol. The summed E-state index contributed by atoms with van der Waals surface area (Å²) in [6, 6.07) is 2.54. The van der Waals surface area contributed by atoms with Crippen molar-refractivity contribution in [2.24, 2.45) is 0 Å². The third-order valence-electron chi connectivity index (χ3n) is 2.84. The minimum Gasteiger partial charge on any atom is -0.505 e. The number of phenolic OH excluding ortho intramolecular Hbond substituents is 1. The van der Waals surface area contributed by atoms with Gasteiger partial charge in [0.05, 0.1) is 17.3 Å². The molecule has 1 aromatic carbocycles. The first-order valence-corrected chi connectivity index (χ1v) is 6.47. The molecule has 1 aromatic rings. The second-order valence-electron chi connectivity index (χ2n) is 4.15. The smallest absolute Gasteiger partial charge is 0.247 e. The minimum absolute atomic E-state index is 0.0847. The molecule has 6 nitrogen and oxygen atoms in total. The number of rotatable bonds is 3. The number of halogens is 1. The van der Waals surface area contributed by atoms with E-state index in [0.29, 0.717) is 23.1 Å². The molecule has 1 unspecified atom stereocenters. The number of hydrogen-bond donors (Lipinski definition) is 3. The molecule has 1 saturated heterocycles. The number of anilines is 1. The molecule has 2 rings (SSSR count). The number of aromatic hydroxyl groups is 1. The third kappa shape index (κ3) is 2.98. The molecule has 1 aliphatic rings. The van der Waals surface area contributed by atoms with Crippen molar-refractivity contribution in [3.8, 4) is 11.5 Å². The Morgan fingerprint density at radius 1 is 1.58 bits per heavy atom. The highest BCUT2D eigenvalue weighted by atomic mass is 79.9. The number of carbonyl (C=O) groups excluding carboxylic acids is 2. The lowest BCUT2D eigenvalue weighted by Crippen LogP contribution is -2.37. The molecular formula is C12H13BrN2O4. The van der Waals surface area contributed by atoms with Gasteiger partial charge in [-0.25, -0.2) is 0 Å². The number of hydrogen-bond acceptors (Lipinski definition) is 4. The number of ether oxygens (including phenoxy) is 1. The van der Waals surface area contributed by atoms with Crippen LogP contribution in [-0.2, 0) is 9.59 Å². The van der Waals surface area contributed by atoms with E-state index in [2.05, 4.69) is 26.6 Å². The van der Waals surface area contributed by atoms with E-state index in [9.17, 15) is 14.7 Å². The maximum absolute atomic E-state index is 11.9. The quantitative estimate of drug-likeness (QED) is 0.731. The van der Waals surface area contributed by atoms with Crippen molar-refractivity contribution >= 4 is 33.4 Å². The van der Waals surface area contributed by atoms with Gasteiger partial charge in [0.25, 0.3) is 0 Å². The Kier molecular flexibility index (Phi) is 3.94. The summed E-state index contributed by atoms with van der Waals surface area (Å²) in [6.45, 7) is 0. The Morgan fingerprint density at radius 3 is 2.89 bits per heavy atom. The monoisotopic (exact) mass is 328 g/mol. The average Bonchev–Trinajstić information content (AvgIpc) is 2.81. The highest BCUT2D eigenvalue weighted by molar-refractivity contribution is 9.10. The minimum atomic E-state index is -0.558. The average molecular weight is 329 g/mol. The molecule has 1 atom stereocenters. The van der Waals surface area contributed by atoms with Gasteiger partial charge in [-0.15, -0.1) is 0 Å². The van der Waals surface area contributed by atoms with Crippen LogP contribution in [0.5, 0.6) is 11.5 Å². The van der Waals surface area contributed by atoms with Crippen LogP contribution in [-0.4, -0.2) is 30.1 Å². The fourth-order valence-corrected chi connectivity index (χ4v) is 2.26. The van der Waals surface area contributed by atoms with Crippen molar-refractivity contribution in [2.45, 2.75) is 18.9 Å². The summed E-state index contributed by atoms with van der Waals surface area (Å²) in [6.07, 6.45) is 0.794. The maximum Gasteiger partial charge on any atom is 0.247 e. The van der Waals surface area contributed by atoms with E-state index in [1.54, 1.807) is 6.07 Å². The zero-order chi connectivity index (χ0) is 14.0. The number of amides is 2. The van der Waals surface area contributed by atoms with Gasteiger partial charge in [0.15, 0.2) is 5.75 Å². The van der Waals surface area contributed by atoms with Crippen LogP contribution in [0.4, 0.5) is 5.69 Å². The number of carbonyl (C=O) groups is 2. The van der Waals surface area contributed by atoms with Crippen LogP contribution in [0.15, 0.2) is 16.6 Å². The summed E-state index contributed by atoms with van der Waals surface area (Å²) in [4.78, 5) is 23.0. The second-order valence-corrected chi connectivity index (χ2v) is 5.01. The van der Waals surface area contributed by atoms with Crippen LogP contribution < -0.4 is 15.4 Å². The zero-order valence-corrected chi connectivity index (χ0v) is 11.8. The normalized spacial score (nSPS) is 18.0. The predicted octanol–water partition coefficient (Wildman–Crippen LogP) is 1.38. The van der Waals surface area contributed by atoms with Crippen LogP contribution >= 0.6 is 15.9 Å². The summed E-state index contributed by atoms with van der Waals surface area (Å²) < 4.78 is 5.47. The summed E-state index contributed by atoms with van der Waals surface area (Å²) in [5.41, 5.74) is 0.234. The SMILES string of the molecule is COc1cc(Br)c(O)c(NC(=O)C2CCC(=O)N2)c1. The molecule has 1 fully saturated rings. The Labute approximate surface area is 118 Å². The molecule has 1 heterocycles. The fourth-order valence-electron chi connectivity index (χ4n) is 1.82. The Hall–Kier alpha value is -1.76. The number of benzene rings is 1. The molecule has 0 spiro atoms. The molecule has 0 aliphatic carbocycles. The lowest BCUT2D eigenvalue weighted by atomic mass is 10.2. The summed E-state index contributed by atoms with van der Waals surface area (Å²) >= 11 is 3.17. The summed E-state index contributed by atoms with van der Waals surface area (Å²) in [7, 11) is 1.49. The second kappa shape index (κ2) is 5.48. The first-order valence-electron chi connectivity index (χ1n) is 5.68. The molecule has 1 aliphatic heterocycles. The van der Waals surface area contributed by atoms with E-state index in [1.807, 2.05) is 0 Å². The third-order valence-corrected chi connectivity index (χ3v) is 3.45. The van der Waals surface area contributed by atoms with Gasteiger partial charge in [-0.2, -0.15) is 0 Å². The van der Waals surface area contributed by atoms with Crippen LogP contribution in [0.1, 0.15) is 12.8 Å². The van der Waals surface area contributed by atoms with Crippen molar-refractivity contribution in [3.05, 3.63) is 16.6 Å². The van der Waals surface area contributed by atoms with Crippen LogP contribution in [0, 0.1) is 0 Å². The molecule has 102 valence electrons. The molecule has 0 aromatic heterocycles. The van der Waals surface area contributed by atoms with E-state index in [0.717, 1.165) is 0 Å². The number of methoxy groups -OCH3 is 1. The van der Waals surface area contributed by atoms with Gasteiger partial charge < -0.3 is 20.5 Å². The van der Waals surface area contributed by atoms with Gasteiger partial charge in [-0.1, -0.05) is 0 Å². The van der Waals surface area contributed by atoms with Gasteiger partial charge in [0.2, 0.25) is 11.8 Å². The number of phenols is 1. The maximum atomic E-state index is 11.9. The van der Waals surface area contributed by atoms with E-state index in [4.69, 9.17) is 4.74 Å². The van der Waals surface area contributed by atoms with E-state index in [1.165, 1.54) is 13.2 Å². The van der Waals surface area contributed by atoms with Gasteiger partial charge in [-0.3, -0.25) is 9.59 Å². The van der Waals surface area contributed by atoms with Crippen molar-refractivity contribution < 1.29 is 19.4 Å². The lowest BCUT2D eigenvalue weighted by molar-refractivity contribution is -0.122. The first-order chi connectivity index (χ1) is 9.01. The fraction of sp³-hybridized carbons (Fsp3) is 0.333. The Bertz CT molecular complexity index is 533.